The smallest absolute Gasteiger partial charge is 0.338 e. The number of esters is 1. The van der Waals surface area contributed by atoms with Gasteiger partial charge in [0.05, 0.1) is 33.1 Å². The van der Waals surface area contributed by atoms with E-state index in [0.29, 0.717) is 6.21 Å². The number of ether oxygens (including phenoxy) is 1. The number of benzene rings is 3. The first-order valence-corrected chi connectivity index (χ1v) is 12.9. The number of non-ortho nitro benzene ring substituents is 1. The number of hydrogen-bond donors (Lipinski definition) is 1. The topological polar surface area (TPSA) is 172 Å². The van der Waals surface area contributed by atoms with Crippen LogP contribution in [0.25, 0.3) is 0 Å². The minimum Gasteiger partial charge on any atom is -0.478 e. The van der Waals surface area contributed by atoms with Crippen molar-refractivity contribution in [1.29, 1.82) is 0 Å². The number of alkyl halides is 1. The van der Waals surface area contributed by atoms with E-state index >= 15 is 4.39 Å². The lowest BCUT2D eigenvalue weighted by atomic mass is 9.86. The summed E-state index contributed by atoms with van der Waals surface area (Å²) in [4.78, 5) is 38.8. The van der Waals surface area contributed by atoms with Crippen LogP contribution < -0.4 is 0 Å². The fraction of sp³-hybridized carbons (Fsp3) is 0.192. The third-order valence-corrected chi connectivity index (χ3v) is 6.93. The van der Waals surface area contributed by atoms with Gasteiger partial charge in [0, 0.05) is 12.1 Å². The molecule has 3 rings (SSSR count). The molecule has 0 fully saturated rings. The maximum Gasteiger partial charge on any atom is 0.338 e. The molecule has 0 amide bonds. The number of halogens is 1. The molecule has 0 aromatic heterocycles. The second-order valence-electron chi connectivity index (χ2n) is 8.10. The summed E-state index contributed by atoms with van der Waals surface area (Å²) in [5.74, 6) is -4.01. The molecule has 0 saturated carbocycles. The average molecular weight is 575 g/mol. The van der Waals surface area contributed by atoms with E-state index in [1.807, 2.05) is 0 Å². The summed E-state index contributed by atoms with van der Waals surface area (Å²) in [5, 5.41) is 24.1. The lowest BCUT2D eigenvalue weighted by molar-refractivity contribution is -0.384. The first kappa shape index (κ1) is 29.9. The van der Waals surface area contributed by atoms with Gasteiger partial charge in [-0.25, -0.2) is 14.0 Å². The second kappa shape index (κ2) is 13.4. The standard InChI is InChI=1S/C26H23FN2O10S/c1-37-28-15-22(27)24(20-9-5-6-10-21(20)25(30)31)23(16-38-26(32)17-7-3-2-4-8-17)39-40(35,36)19-13-11-18(12-14-19)29(33)34/h2-15,22-24H,16H2,1H3,(H,30,31)/t22-,23-,24-/m0/s1. The molecule has 0 heterocycles. The molecular weight excluding hydrogens is 551 g/mol. The average Bonchev–Trinajstić information content (AvgIpc) is 2.95. The Bertz CT molecular complexity index is 1480. The highest BCUT2D eigenvalue weighted by molar-refractivity contribution is 7.86. The van der Waals surface area contributed by atoms with E-state index in [9.17, 15) is 33.2 Å². The van der Waals surface area contributed by atoms with Crippen LogP contribution in [0.4, 0.5) is 10.1 Å². The number of carboxylic acids is 1. The summed E-state index contributed by atoms with van der Waals surface area (Å²) in [6, 6.07) is 16.6. The van der Waals surface area contributed by atoms with E-state index in [-0.39, 0.29) is 22.4 Å². The highest BCUT2D eigenvalue weighted by Gasteiger charge is 2.38. The van der Waals surface area contributed by atoms with Crippen molar-refractivity contribution in [1.82, 2.24) is 0 Å². The molecular formula is C26H23FN2O10S. The normalized spacial score (nSPS) is 13.8. The first-order chi connectivity index (χ1) is 19.0. The van der Waals surface area contributed by atoms with Crippen LogP contribution in [0.5, 0.6) is 0 Å². The van der Waals surface area contributed by atoms with Crippen LogP contribution in [0, 0.1) is 10.1 Å². The van der Waals surface area contributed by atoms with Gasteiger partial charge in [-0.2, -0.15) is 8.42 Å². The van der Waals surface area contributed by atoms with Crippen molar-refractivity contribution in [3.63, 3.8) is 0 Å². The molecule has 14 heteroatoms. The van der Waals surface area contributed by atoms with Gasteiger partial charge in [0.25, 0.3) is 15.8 Å². The Morgan fingerprint density at radius 2 is 1.68 bits per heavy atom. The Morgan fingerprint density at radius 3 is 2.27 bits per heavy atom. The summed E-state index contributed by atoms with van der Waals surface area (Å²) >= 11 is 0. The molecule has 12 nitrogen and oxygen atoms in total. The monoisotopic (exact) mass is 574 g/mol. The molecule has 0 aliphatic carbocycles. The zero-order valence-electron chi connectivity index (χ0n) is 20.8. The Kier molecular flexibility index (Phi) is 10.00. The van der Waals surface area contributed by atoms with Crippen LogP contribution >= 0.6 is 0 Å². The number of rotatable bonds is 13. The largest absolute Gasteiger partial charge is 0.478 e. The fourth-order valence-electron chi connectivity index (χ4n) is 3.73. The summed E-state index contributed by atoms with van der Waals surface area (Å²) in [7, 11) is -3.62. The number of carbonyl (C=O) groups excluding carboxylic acids is 1. The quantitative estimate of drug-likeness (QED) is 0.103. The lowest BCUT2D eigenvalue weighted by Gasteiger charge is -2.29. The van der Waals surface area contributed by atoms with E-state index in [1.165, 1.54) is 36.4 Å². The maximum atomic E-state index is 15.7. The molecule has 3 atom stereocenters. The third-order valence-electron chi connectivity index (χ3n) is 5.58. The highest BCUT2D eigenvalue weighted by atomic mass is 32.2. The maximum absolute atomic E-state index is 15.7. The van der Waals surface area contributed by atoms with Gasteiger partial charge in [0.2, 0.25) is 0 Å². The van der Waals surface area contributed by atoms with Crippen LogP contribution in [0.1, 0.15) is 32.2 Å². The molecule has 40 heavy (non-hydrogen) atoms. The van der Waals surface area contributed by atoms with Gasteiger partial charge >= 0.3 is 11.9 Å². The lowest BCUT2D eigenvalue weighted by Crippen LogP contribution is -2.37. The SMILES string of the molecule is CON=C[C@H](F)[C@H](c1ccccc1C(=O)O)[C@H](COC(=O)c1ccccc1)OS(=O)(=O)c1ccc([N+](=O)[O-])cc1. The van der Waals surface area contributed by atoms with Crippen molar-refractivity contribution >= 4 is 34.0 Å². The van der Waals surface area contributed by atoms with E-state index in [2.05, 4.69) is 9.99 Å². The van der Waals surface area contributed by atoms with E-state index in [1.54, 1.807) is 18.2 Å². The van der Waals surface area contributed by atoms with Gasteiger partial charge in [0.1, 0.15) is 26.0 Å². The Hall–Kier alpha value is -4.69. The number of nitro groups is 1. The third kappa shape index (κ3) is 7.45. The van der Waals surface area contributed by atoms with Gasteiger partial charge in [-0.15, -0.1) is 0 Å². The summed E-state index contributed by atoms with van der Waals surface area (Å²) in [6.07, 6.45) is -3.34. The van der Waals surface area contributed by atoms with Gasteiger partial charge in [-0.3, -0.25) is 14.3 Å². The molecule has 210 valence electrons. The summed E-state index contributed by atoms with van der Waals surface area (Å²) < 4.78 is 52.7. The molecule has 0 spiro atoms. The molecule has 0 bridgehead atoms. The van der Waals surface area contributed by atoms with Gasteiger partial charge in [-0.1, -0.05) is 41.6 Å². The summed E-state index contributed by atoms with van der Waals surface area (Å²) in [5.41, 5.74) is -0.818. The van der Waals surface area contributed by atoms with Crippen molar-refractivity contribution in [2.45, 2.75) is 23.1 Å². The minimum atomic E-state index is -4.76. The van der Waals surface area contributed by atoms with E-state index < -0.39 is 56.7 Å². The molecule has 0 unspecified atom stereocenters. The molecule has 3 aromatic carbocycles. The van der Waals surface area contributed by atoms with Crippen molar-refractivity contribution < 1.29 is 46.2 Å². The van der Waals surface area contributed by atoms with Crippen LogP contribution in [0.3, 0.4) is 0 Å². The zero-order chi connectivity index (χ0) is 29.3. The predicted molar refractivity (Wildman–Crippen MR) is 138 cm³/mol. The van der Waals surface area contributed by atoms with Gasteiger partial charge < -0.3 is 14.7 Å². The minimum absolute atomic E-state index is 0.111. The Morgan fingerprint density at radius 1 is 1.05 bits per heavy atom. The number of oxime groups is 1. The number of nitrogens with zero attached hydrogens (tertiary/aromatic N) is 2. The molecule has 1 N–H and O–H groups in total. The summed E-state index contributed by atoms with van der Waals surface area (Å²) in [6.45, 7) is -0.834. The van der Waals surface area contributed by atoms with Crippen LogP contribution in [-0.2, 0) is 23.9 Å². The van der Waals surface area contributed by atoms with Crippen molar-refractivity contribution in [3.8, 4) is 0 Å². The fourth-order valence-corrected chi connectivity index (χ4v) is 4.81. The highest BCUT2D eigenvalue weighted by Crippen LogP contribution is 2.33. The van der Waals surface area contributed by atoms with Crippen LogP contribution in [0.2, 0.25) is 0 Å². The van der Waals surface area contributed by atoms with E-state index in [4.69, 9.17) is 8.92 Å². The Labute approximate surface area is 227 Å². The van der Waals surface area contributed by atoms with Crippen LogP contribution in [0.15, 0.2) is 88.9 Å². The van der Waals surface area contributed by atoms with Crippen molar-refractivity contribution in [2.24, 2.45) is 5.16 Å². The second-order valence-corrected chi connectivity index (χ2v) is 9.68. The molecule has 3 aromatic rings. The van der Waals surface area contributed by atoms with Gasteiger partial charge in [0.15, 0.2) is 0 Å². The molecule has 0 aliphatic heterocycles. The van der Waals surface area contributed by atoms with Gasteiger partial charge in [-0.05, 0) is 35.9 Å². The van der Waals surface area contributed by atoms with Crippen LogP contribution in [-0.4, -0.2) is 62.6 Å². The Balaban J connectivity index is 2.08. The number of carbonyl (C=O) groups is 2. The van der Waals surface area contributed by atoms with E-state index in [0.717, 1.165) is 31.4 Å². The molecule has 0 radical (unpaired) electrons. The molecule has 0 aliphatic rings. The van der Waals surface area contributed by atoms with Crippen molar-refractivity contribution in [3.05, 3.63) is 106 Å². The van der Waals surface area contributed by atoms with Crippen molar-refractivity contribution in [2.75, 3.05) is 13.7 Å². The first-order valence-electron chi connectivity index (χ1n) is 11.5. The predicted octanol–water partition coefficient (Wildman–Crippen LogP) is 3.98. The number of nitro benzene ring substituents is 1. The number of carboxylic acid groups (broad SMARTS) is 1. The number of aromatic carboxylic acids is 1. The number of hydrogen-bond acceptors (Lipinski definition) is 10. The zero-order valence-corrected chi connectivity index (χ0v) is 21.6. The molecule has 0 saturated heterocycles.